The van der Waals surface area contributed by atoms with E-state index in [0.29, 0.717) is 26.1 Å². The minimum absolute atomic E-state index is 0.106. The summed E-state index contributed by atoms with van der Waals surface area (Å²) in [7, 11) is 0. The van der Waals surface area contributed by atoms with E-state index in [1.807, 2.05) is 49.1 Å². The van der Waals surface area contributed by atoms with Crippen molar-refractivity contribution in [3.8, 4) is 5.75 Å². The van der Waals surface area contributed by atoms with Gasteiger partial charge in [0, 0.05) is 25.0 Å². The molecule has 1 N–H and O–H groups in total. The minimum atomic E-state index is 0.106. The molecule has 2 rings (SSSR count). The summed E-state index contributed by atoms with van der Waals surface area (Å²) in [4.78, 5) is 26.3. The number of hydrogen-bond donors (Lipinski definition) is 1. The van der Waals surface area contributed by atoms with Crippen LogP contribution in [-0.2, 0) is 9.59 Å². The molecule has 1 saturated heterocycles. The Bertz CT molecular complexity index is 535. The quantitative estimate of drug-likeness (QED) is 0.787. The summed E-state index contributed by atoms with van der Waals surface area (Å²) in [5.41, 5.74) is 0. The number of nitrogens with zero attached hydrogens (tertiary/aromatic N) is 1. The summed E-state index contributed by atoms with van der Waals surface area (Å²) in [6.45, 7) is 5.91. The third kappa shape index (κ3) is 6.07. The van der Waals surface area contributed by atoms with E-state index in [1.165, 1.54) is 0 Å². The van der Waals surface area contributed by atoms with Crippen LogP contribution in [0.2, 0.25) is 0 Å². The zero-order valence-corrected chi connectivity index (χ0v) is 15.4. The Morgan fingerprint density at radius 2 is 1.80 bits per heavy atom. The van der Waals surface area contributed by atoms with E-state index in [2.05, 4.69) is 5.32 Å². The second-order valence-corrected chi connectivity index (χ2v) is 6.59. The number of piperidine rings is 1. The number of rotatable bonds is 8. The van der Waals surface area contributed by atoms with Crippen LogP contribution in [0.4, 0.5) is 0 Å². The van der Waals surface area contributed by atoms with E-state index in [4.69, 9.17) is 4.74 Å². The molecule has 25 heavy (non-hydrogen) atoms. The van der Waals surface area contributed by atoms with Gasteiger partial charge in [0.2, 0.25) is 11.8 Å². The average molecular weight is 346 g/mol. The van der Waals surface area contributed by atoms with Gasteiger partial charge >= 0.3 is 0 Å². The van der Waals surface area contributed by atoms with E-state index in [9.17, 15) is 9.59 Å². The van der Waals surface area contributed by atoms with Gasteiger partial charge in [0.25, 0.3) is 0 Å². The second kappa shape index (κ2) is 10.1. The first-order chi connectivity index (χ1) is 12.1. The van der Waals surface area contributed by atoms with Crippen molar-refractivity contribution >= 4 is 11.8 Å². The first-order valence-corrected chi connectivity index (χ1v) is 9.40. The minimum Gasteiger partial charge on any atom is -0.493 e. The fraction of sp³-hybridized carbons (Fsp3) is 0.600. The van der Waals surface area contributed by atoms with Crippen LogP contribution in [0.25, 0.3) is 0 Å². The van der Waals surface area contributed by atoms with Crippen molar-refractivity contribution in [2.45, 2.75) is 52.0 Å². The van der Waals surface area contributed by atoms with Gasteiger partial charge in [-0.1, -0.05) is 32.0 Å². The van der Waals surface area contributed by atoms with E-state index < -0.39 is 0 Å². The highest BCUT2D eigenvalue weighted by molar-refractivity contribution is 5.79. The molecule has 138 valence electrons. The monoisotopic (exact) mass is 346 g/mol. The van der Waals surface area contributed by atoms with E-state index in [0.717, 1.165) is 31.4 Å². The van der Waals surface area contributed by atoms with E-state index in [1.54, 1.807) is 0 Å². The highest BCUT2D eigenvalue weighted by Gasteiger charge is 2.25. The van der Waals surface area contributed by atoms with E-state index >= 15 is 0 Å². The molecule has 1 aliphatic rings. The molecule has 0 bridgehead atoms. The molecule has 2 amide bonds. The lowest BCUT2D eigenvalue weighted by molar-refractivity contribution is -0.133. The number of nitrogens with one attached hydrogen (secondary N) is 1. The molecule has 1 aromatic carbocycles. The fourth-order valence-corrected chi connectivity index (χ4v) is 3.18. The SMILES string of the molecule is CCC(CC)C(=O)NC1CCN(C(=O)CCOc2ccccc2)CC1. The molecule has 0 aromatic heterocycles. The molecule has 5 heteroatoms. The van der Waals surface area contributed by atoms with Gasteiger partial charge in [-0.15, -0.1) is 0 Å². The van der Waals surface area contributed by atoms with Crippen LogP contribution < -0.4 is 10.1 Å². The Hall–Kier alpha value is -2.04. The second-order valence-electron chi connectivity index (χ2n) is 6.59. The molecule has 5 nitrogen and oxygen atoms in total. The average Bonchev–Trinajstić information content (AvgIpc) is 2.64. The van der Waals surface area contributed by atoms with Crippen LogP contribution >= 0.6 is 0 Å². The number of benzene rings is 1. The molecular formula is C20H30N2O3. The van der Waals surface area contributed by atoms with Gasteiger partial charge in [-0.3, -0.25) is 9.59 Å². The fourth-order valence-electron chi connectivity index (χ4n) is 3.18. The van der Waals surface area contributed by atoms with Crippen LogP contribution in [0, 0.1) is 5.92 Å². The molecule has 1 heterocycles. The van der Waals surface area contributed by atoms with Crippen molar-refractivity contribution in [1.29, 1.82) is 0 Å². The van der Waals surface area contributed by atoms with Crippen LogP contribution in [0.1, 0.15) is 46.0 Å². The third-order valence-electron chi connectivity index (χ3n) is 4.88. The Balaban J connectivity index is 1.67. The van der Waals surface area contributed by atoms with Crippen molar-refractivity contribution in [2.75, 3.05) is 19.7 Å². The lowest BCUT2D eigenvalue weighted by Gasteiger charge is -2.33. The van der Waals surface area contributed by atoms with Gasteiger partial charge in [-0.25, -0.2) is 0 Å². The van der Waals surface area contributed by atoms with Gasteiger partial charge in [-0.2, -0.15) is 0 Å². The van der Waals surface area contributed by atoms with Crippen LogP contribution in [0.15, 0.2) is 30.3 Å². The molecule has 0 radical (unpaired) electrons. The predicted octanol–water partition coefficient (Wildman–Crippen LogP) is 3.00. The first kappa shape index (κ1) is 19.3. The largest absolute Gasteiger partial charge is 0.493 e. The Morgan fingerprint density at radius 1 is 1.16 bits per heavy atom. The number of amides is 2. The lowest BCUT2D eigenvalue weighted by atomic mass is 9.99. The highest BCUT2D eigenvalue weighted by Crippen LogP contribution is 2.15. The van der Waals surface area contributed by atoms with Crippen molar-refractivity contribution in [3.63, 3.8) is 0 Å². The summed E-state index contributed by atoms with van der Waals surface area (Å²) in [6.07, 6.45) is 3.80. The number of likely N-dealkylation sites (tertiary alicyclic amines) is 1. The maximum absolute atomic E-state index is 12.3. The van der Waals surface area contributed by atoms with Crippen molar-refractivity contribution in [1.82, 2.24) is 10.2 Å². The summed E-state index contributed by atoms with van der Waals surface area (Å²) in [5.74, 6) is 1.18. The van der Waals surface area contributed by atoms with Gasteiger partial charge in [0.05, 0.1) is 13.0 Å². The maximum atomic E-state index is 12.3. The number of carbonyl (C=O) groups is 2. The maximum Gasteiger partial charge on any atom is 0.225 e. The van der Waals surface area contributed by atoms with Crippen molar-refractivity contribution in [3.05, 3.63) is 30.3 Å². The Kier molecular flexibility index (Phi) is 7.76. The predicted molar refractivity (Wildman–Crippen MR) is 98.4 cm³/mol. The molecule has 0 unspecified atom stereocenters. The number of para-hydroxylation sites is 1. The molecule has 1 aliphatic heterocycles. The summed E-state index contributed by atoms with van der Waals surface area (Å²) >= 11 is 0. The van der Waals surface area contributed by atoms with Crippen LogP contribution in [0.5, 0.6) is 5.75 Å². The summed E-state index contributed by atoms with van der Waals surface area (Å²) in [5, 5.41) is 3.14. The van der Waals surface area contributed by atoms with Gasteiger partial charge in [-0.05, 0) is 37.8 Å². The standard InChI is InChI=1S/C20H30N2O3/c1-3-16(4-2)20(24)21-17-10-13-22(14-11-17)19(23)12-15-25-18-8-6-5-7-9-18/h5-9,16-17H,3-4,10-15H2,1-2H3,(H,21,24). The Labute approximate surface area is 150 Å². The normalized spacial score (nSPS) is 15.2. The van der Waals surface area contributed by atoms with Crippen molar-refractivity contribution < 1.29 is 14.3 Å². The topological polar surface area (TPSA) is 58.6 Å². The zero-order chi connectivity index (χ0) is 18.1. The van der Waals surface area contributed by atoms with Gasteiger partial charge < -0.3 is 15.0 Å². The first-order valence-electron chi connectivity index (χ1n) is 9.40. The van der Waals surface area contributed by atoms with E-state index in [-0.39, 0.29) is 23.8 Å². The lowest BCUT2D eigenvalue weighted by Crippen LogP contribution is -2.48. The number of ether oxygens (including phenoxy) is 1. The highest BCUT2D eigenvalue weighted by atomic mass is 16.5. The van der Waals surface area contributed by atoms with Gasteiger partial charge in [0.1, 0.15) is 5.75 Å². The molecule has 1 aromatic rings. The molecule has 1 fully saturated rings. The third-order valence-corrected chi connectivity index (χ3v) is 4.88. The summed E-state index contributed by atoms with van der Waals surface area (Å²) < 4.78 is 5.59. The number of hydrogen-bond acceptors (Lipinski definition) is 3. The Morgan fingerprint density at radius 3 is 2.40 bits per heavy atom. The smallest absolute Gasteiger partial charge is 0.225 e. The molecule has 0 atom stereocenters. The zero-order valence-electron chi connectivity index (χ0n) is 15.4. The number of carbonyl (C=O) groups excluding carboxylic acids is 2. The van der Waals surface area contributed by atoms with Gasteiger partial charge in [0.15, 0.2) is 0 Å². The van der Waals surface area contributed by atoms with Crippen LogP contribution in [-0.4, -0.2) is 42.5 Å². The summed E-state index contributed by atoms with van der Waals surface area (Å²) in [6, 6.07) is 9.73. The molecule has 0 saturated carbocycles. The molecule has 0 aliphatic carbocycles. The molecule has 0 spiro atoms. The molecular weight excluding hydrogens is 316 g/mol. The van der Waals surface area contributed by atoms with Crippen LogP contribution in [0.3, 0.4) is 0 Å². The van der Waals surface area contributed by atoms with Crippen molar-refractivity contribution in [2.24, 2.45) is 5.92 Å².